The van der Waals surface area contributed by atoms with Gasteiger partial charge in [-0.15, -0.1) is 0 Å². The zero-order valence-corrected chi connectivity index (χ0v) is 10.8. The van der Waals surface area contributed by atoms with Crippen molar-refractivity contribution in [2.24, 2.45) is 16.9 Å². The number of amides is 2. The molecule has 2 amide bonds. The van der Waals surface area contributed by atoms with Crippen molar-refractivity contribution in [2.45, 2.75) is 25.8 Å². The zero-order chi connectivity index (χ0) is 13.9. The molecule has 0 radical (unpaired) electrons. The minimum atomic E-state index is -0.467. The third-order valence-electron chi connectivity index (χ3n) is 3.85. The number of rotatable bonds is 5. The Hall–Kier alpha value is -1.88. The van der Waals surface area contributed by atoms with Crippen LogP contribution in [0.5, 0.6) is 0 Å². The number of carbonyl (C=O) groups excluding carboxylic acids is 2. The minimum Gasteiger partial charge on any atom is -0.366 e. The largest absolute Gasteiger partial charge is 0.366 e. The molecule has 5 N–H and O–H groups in total. The number of benzene rings is 1. The predicted molar refractivity (Wildman–Crippen MR) is 72.1 cm³/mol. The van der Waals surface area contributed by atoms with Crippen LogP contribution in [0, 0.1) is 5.41 Å². The van der Waals surface area contributed by atoms with Crippen LogP contribution in [-0.2, 0) is 11.3 Å². The lowest BCUT2D eigenvalue weighted by Crippen LogP contribution is -2.50. The summed E-state index contributed by atoms with van der Waals surface area (Å²) in [5.74, 6) is -0.462. The molecule has 1 aliphatic carbocycles. The van der Waals surface area contributed by atoms with Crippen LogP contribution in [0.3, 0.4) is 0 Å². The van der Waals surface area contributed by atoms with Gasteiger partial charge in [-0.3, -0.25) is 9.59 Å². The molecule has 0 saturated heterocycles. The van der Waals surface area contributed by atoms with Gasteiger partial charge in [-0.05, 0) is 30.5 Å². The van der Waals surface area contributed by atoms with E-state index in [1.54, 1.807) is 18.2 Å². The van der Waals surface area contributed by atoms with Gasteiger partial charge in [0.2, 0.25) is 11.8 Å². The van der Waals surface area contributed by atoms with Crippen LogP contribution in [0.4, 0.5) is 0 Å². The van der Waals surface area contributed by atoms with Crippen molar-refractivity contribution in [3.63, 3.8) is 0 Å². The van der Waals surface area contributed by atoms with Crippen LogP contribution < -0.4 is 16.8 Å². The molecule has 102 valence electrons. The Kier molecular flexibility index (Phi) is 3.85. The van der Waals surface area contributed by atoms with Gasteiger partial charge in [0.25, 0.3) is 0 Å². The summed E-state index contributed by atoms with van der Waals surface area (Å²) in [5.41, 5.74) is 11.8. The Bertz CT molecular complexity index is 490. The molecule has 0 aliphatic heterocycles. The van der Waals surface area contributed by atoms with Gasteiger partial charge in [0.1, 0.15) is 0 Å². The van der Waals surface area contributed by atoms with E-state index in [9.17, 15) is 9.59 Å². The fourth-order valence-electron chi connectivity index (χ4n) is 2.33. The first kappa shape index (κ1) is 13.5. The molecule has 1 aromatic carbocycles. The third kappa shape index (κ3) is 2.76. The lowest BCUT2D eigenvalue weighted by atomic mass is 9.68. The number of nitrogens with two attached hydrogens (primary N) is 2. The highest BCUT2D eigenvalue weighted by atomic mass is 16.2. The summed E-state index contributed by atoms with van der Waals surface area (Å²) >= 11 is 0. The molecule has 2 rings (SSSR count). The second kappa shape index (κ2) is 5.40. The average molecular weight is 261 g/mol. The van der Waals surface area contributed by atoms with Gasteiger partial charge in [-0.1, -0.05) is 18.6 Å². The molecule has 1 aromatic rings. The SMILES string of the molecule is NCC1(C(=O)NCc2cccc(C(N)=O)c2)CCC1. The molecule has 5 heteroatoms. The molecule has 0 spiro atoms. The van der Waals surface area contributed by atoms with E-state index in [1.807, 2.05) is 6.07 Å². The van der Waals surface area contributed by atoms with Gasteiger partial charge >= 0.3 is 0 Å². The van der Waals surface area contributed by atoms with Crippen LogP contribution in [0.25, 0.3) is 0 Å². The summed E-state index contributed by atoms with van der Waals surface area (Å²) in [6.07, 6.45) is 2.77. The summed E-state index contributed by atoms with van der Waals surface area (Å²) in [7, 11) is 0. The van der Waals surface area contributed by atoms with Crippen molar-refractivity contribution >= 4 is 11.8 Å². The molecule has 1 saturated carbocycles. The first-order valence-corrected chi connectivity index (χ1v) is 6.44. The van der Waals surface area contributed by atoms with E-state index < -0.39 is 5.91 Å². The monoisotopic (exact) mass is 261 g/mol. The molecule has 0 atom stereocenters. The Morgan fingerprint density at radius 3 is 2.58 bits per heavy atom. The summed E-state index contributed by atoms with van der Waals surface area (Å²) < 4.78 is 0. The van der Waals surface area contributed by atoms with E-state index >= 15 is 0 Å². The first-order chi connectivity index (χ1) is 9.07. The minimum absolute atomic E-state index is 0.00530. The first-order valence-electron chi connectivity index (χ1n) is 6.44. The van der Waals surface area contributed by atoms with Crippen molar-refractivity contribution in [3.8, 4) is 0 Å². The van der Waals surface area contributed by atoms with E-state index in [-0.39, 0.29) is 11.3 Å². The van der Waals surface area contributed by atoms with Crippen molar-refractivity contribution in [1.82, 2.24) is 5.32 Å². The fourth-order valence-corrected chi connectivity index (χ4v) is 2.33. The van der Waals surface area contributed by atoms with Crippen molar-refractivity contribution in [1.29, 1.82) is 0 Å². The van der Waals surface area contributed by atoms with Crippen LogP contribution >= 0.6 is 0 Å². The number of hydrogen-bond donors (Lipinski definition) is 3. The topological polar surface area (TPSA) is 98.2 Å². The van der Waals surface area contributed by atoms with E-state index in [0.29, 0.717) is 18.7 Å². The molecule has 0 unspecified atom stereocenters. The summed E-state index contributed by atoms with van der Waals surface area (Å²) in [6.45, 7) is 0.780. The van der Waals surface area contributed by atoms with Crippen LogP contribution in [-0.4, -0.2) is 18.4 Å². The Morgan fingerprint density at radius 2 is 2.05 bits per heavy atom. The molecule has 1 aliphatic rings. The van der Waals surface area contributed by atoms with Gasteiger partial charge < -0.3 is 16.8 Å². The number of hydrogen-bond acceptors (Lipinski definition) is 3. The Labute approximate surface area is 112 Å². The van der Waals surface area contributed by atoms with Gasteiger partial charge in [-0.2, -0.15) is 0 Å². The summed E-state index contributed by atoms with van der Waals surface area (Å²) in [4.78, 5) is 23.2. The van der Waals surface area contributed by atoms with Crippen LogP contribution in [0.1, 0.15) is 35.2 Å². The summed E-state index contributed by atoms with van der Waals surface area (Å²) in [5, 5.41) is 2.89. The van der Waals surface area contributed by atoms with Gasteiger partial charge in [0, 0.05) is 18.7 Å². The highest BCUT2D eigenvalue weighted by molar-refractivity contribution is 5.92. The smallest absolute Gasteiger partial charge is 0.248 e. The maximum Gasteiger partial charge on any atom is 0.248 e. The van der Waals surface area contributed by atoms with E-state index in [0.717, 1.165) is 24.8 Å². The molecule has 0 aromatic heterocycles. The predicted octanol–water partition coefficient (Wildman–Crippen LogP) is 0.531. The Morgan fingerprint density at radius 1 is 1.32 bits per heavy atom. The standard InChI is InChI=1S/C14H19N3O2/c15-9-14(5-2-6-14)13(19)17-8-10-3-1-4-11(7-10)12(16)18/h1,3-4,7H,2,5-6,8-9,15H2,(H2,16,18)(H,17,19). The quantitative estimate of drug-likeness (QED) is 0.721. The van der Waals surface area contributed by atoms with E-state index in [2.05, 4.69) is 5.32 Å². The van der Waals surface area contributed by atoms with Gasteiger partial charge in [0.05, 0.1) is 5.41 Å². The maximum absolute atomic E-state index is 12.1. The number of primary amides is 1. The molecule has 1 fully saturated rings. The lowest BCUT2D eigenvalue weighted by molar-refractivity contribution is -0.135. The third-order valence-corrected chi connectivity index (χ3v) is 3.85. The number of carbonyl (C=O) groups is 2. The lowest BCUT2D eigenvalue weighted by Gasteiger charge is -2.39. The highest BCUT2D eigenvalue weighted by Crippen LogP contribution is 2.40. The zero-order valence-electron chi connectivity index (χ0n) is 10.8. The van der Waals surface area contributed by atoms with Gasteiger partial charge in [-0.25, -0.2) is 0 Å². The fraction of sp³-hybridized carbons (Fsp3) is 0.429. The van der Waals surface area contributed by atoms with E-state index in [1.165, 1.54) is 0 Å². The second-order valence-corrected chi connectivity index (χ2v) is 5.09. The normalized spacial score (nSPS) is 16.5. The number of nitrogens with one attached hydrogen (secondary N) is 1. The highest BCUT2D eigenvalue weighted by Gasteiger charge is 2.42. The average Bonchev–Trinajstić information content (AvgIpc) is 2.36. The molecular formula is C14H19N3O2. The van der Waals surface area contributed by atoms with E-state index in [4.69, 9.17) is 11.5 Å². The van der Waals surface area contributed by atoms with Gasteiger partial charge in [0.15, 0.2) is 0 Å². The van der Waals surface area contributed by atoms with Crippen molar-refractivity contribution in [2.75, 3.05) is 6.54 Å². The molecule has 19 heavy (non-hydrogen) atoms. The summed E-state index contributed by atoms with van der Waals surface area (Å²) in [6, 6.07) is 6.95. The molecular weight excluding hydrogens is 242 g/mol. The molecule has 5 nitrogen and oxygen atoms in total. The van der Waals surface area contributed by atoms with Crippen molar-refractivity contribution < 1.29 is 9.59 Å². The van der Waals surface area contributed by atoms with Crippen LogP contribution in [0.2, 0.25) is 0 Å². The second-order valence-electron chi connectivity index (χ2n) is 5.09. The molecule has 0 heterocycles. The maximum atomic E-state index is 12.1. The van der Waals surface area contributed by atoms with Crippen molar-refractivity contribution in [3.05, 3.63) is 35.4 Å². The Balaban J connectivity index is 1.97. The molecule has 0 bridgehead atoms. The van der Waals surface area contributed by atoms with Crippen LogP contribution in [0.15, 0.2) is 24.3 Å².